The number of hydrogen-bond donors (Lipinski definition) is 0. The summed E-state index contributed by atoms with van der Waals surface area (Å²) in [7, 11) is 0. The molecule has 0 saturated heterocycles. The molecule has 1 aliphatic rings. The molecule has 2 amide bonds. The lowest BCUT2D eigenvalue weighted by Crippen LogP contribution is -2.48. The molecule has 0 bridgehead atoms. The number of benzene rings is 2. The van der Waals surface area contributed by atoms with Crippen LogP contribution in [0.5, 0.6) is 0 Å². The van der Waals surface area contributed by atoms with Gasteiger partial charge in [0.15, 0.2) is 5.78 Å². The van der Waals surface area contributed by atoms with Crippen molar-refractivity contribution >= 4 is 23.5 Å². The summed E-state index contributed by atoms with van der Waals surface area (Å²) in [6, 6.07) is 10.5. The number of anilines is 1. The van der Waals surface area contributed by atoms with Gasteiger partial charge in [-0.25, -0.2) is 9.59 Å². The fourth-order valence-corrected chi connectivity index (χ4v) is 4.09. The number of halogens is 3. The highest BCUT2D eigenvalue weighted by molar-refractivity contribution is 6.05. The predicted molar refractivity (Wildman–Crippen MR) is 133 cm³/mol. The zero-order valence-electron chi connectivity index (χ0n) is 21.5. The fraction of sp³-hybridized carbons (Fsp3) is 0.286. The molecule has 0 aliphatic carbocycles. The first-order valence-electron chi connectivity index (χ1n) is 11.6. The molecule has 0 N–H and O–H groups in total. The molecule has 7 nitrogen and oxygen atoms in total. The van der Waals surface area contributed by atoms with Crippen LogP contribution in [0.15, 0.2) is 72.1 Å². The topological polar surface area (TPSA) is 90.7 Å². The summed E-state index contributed by atoms with van der Waals surface area (Å²) in [6.07, 6.45) is -2.49. The second-order valence-corrected chi connectivity index (χ2v) is 9.61. The van der Waals surface area contributed by atoms with E-state index in [4.69, 9.17) is 10.00 Å². The van der Waals surface area contributed by atoms with E-state index in [1.165, 1.54) is 38.1 Å². The van der Waals surface area contributed by atoms with Gasteiger partial charge in [-0.15, -0.1) is 0 Å². The smallest absolute Gasteiger partial charge is 0.416 e. The number of nitrogens with zero attached hydrogens (tertiary/aromatic N) is 3. The Morgan fingerprint density at radius 2 is 1.71 bits per heavy atom. The van der Waals surface area contributed by atoms with Gasteiger partial charge in [0, 0.05) is 23.5 Å². The lowest BCUT2D eigenvalue weighted by atomic mass is 9.90. The molecule has 0 saturated carbocycles. The number of hydrogen-bond acceptors (Lipinski definition) is 5. The number of urea groups is 1. The molecule has 2 aromatic carbocycles. The number of ether oxygens (including phenoxy) is 1. The number of alkyl halides is 3. The highest BCUT2D eigenvalue weighted by atomic mass is 19.4. The molecule has 10 heteroatoms. The summed E-state index contributed by atoms with van der Waals surface area (Å²) in [5.41, 5.74) is -0.814. The molecular formula is C28H26F3N3O4. The molecule has 1 heterocycles. The summed E-state index contributed by atoms with van der Waals surface area (Å²) in [4.78, 5) is 41.3. The van der Waals surface area contributed by atoms with Gasteiger partial charge in [0.05, 0.1) is 28.9 Å². The van der Waals surface area contributed by atoms with Crippen LogP contribution >= 0.6 is 0 Å². The van der Waals surface area contributed by atoms with Gasteiger partial charge in [-0.3, -0.25) is 14.6 Å². The van der Waals surface area contributed by atoms with Gasteiger partial charge in [0.2, 0.25) is 0 Å². The molecule has 1 unspecified atom stereocenters. The Morgan fingerprint density at radius 1 is 1.08 bits per heavy atom. The van der Waals surface area contributed by atoms with Crippen LogP contribution < -0.4 is 4.90 Å². The highest BCUT2D eigenvalue weighted by Gasteiger charge is 2.41. The van der Waals surface area contributed by atoms with Crippen LogP contribution in [0.2, 0.25) is 0 Å². The molecule has 0 radical (unpaired) electrons. The molecule has 0 fully saturated rings. The molecular weight excluding hydrogens is 499 g/mol. The number of nitriles is 1. The van der Waals surface area contributed by atoms with Crippen molar-refractivity contribution in [2.45, 2.75) is 52.4 Å². The van der Waals surface area contributed by atoms with Gasteiger partial charge in [0.25, 0.3) is 0 Å². The van der Waals surface area contributed by atoms with Gasteiger partial charge >= 0.3 is 18.2 Å². The third-order valence-electron chi connectivity index (χ3n) is 5.63. The molecule has 0 spiro atoms. The van der Waals surface area contributed by atoms with Crippen molar-refractivity contribution in [1.29, 1.82) is 5.26 Å². The Balaban J connectivity index is 2.23. The third kappa shape index (κ3) is 6.11. The number of carbonyl (C=O) groups is 3. The van der Waals surface area contributed by atoms with E-state index in [0.29, 0.717) is 11.1 Å². The first kappa shape index (κ1) is 28.2. The molecule has 2 aromatic rings. The maximum Gasteiger partial charge on any atom is 0.416 e. The van der Waals surface area contributed by atoms with Gasteiger partial charge in [-0.1, -0.05) is 18.2 Å². The predicted octanol–water partition coefficient (Wildman–Crippen LogP) is 6.28. The van der Waals surface area contributed by atoms with Crippen LogP contribution in [0.3, 0.4) is 0 Å². The second-order valence-electron chi connectivity index (χ2n) is 9.61. The van der Waals surface area contributed by atoms with Gasteiger partial charge in [-0.05, 0) is 70.5 Å². The van der Waals surface area contributed by atoms with E-state index in [1.807, 2.05) is 6.07 Å². The zero-order chi connectivity index (χ0) is 28.4. The number of allylic oxidation sites excluding steroid dienone is 1. The lowest BCUT2D eigenvalue weighted by Gasteiger charge is -2.41. The van der Waals surface area contributed by atoms with E-state index in [1.54, 1.807) is 32.9 Å². The summed E-state index contributed by atoms with van der Waals surface area (Å²) < 4.78 is 45.6. The van der Waals surface area contributed by atoms with E-state index in [2.05, 4.69) is 0 Å². The monoisotopic (exact) mass is 525 g/mol. The Hall–Kier alpha value is -4.39. The molecule has 1 aliphatic heterocycles. The van der Waals surface area contributed by atoms with Crippen molar-refractivity contribution in [2.24, 2.45) is 0 Å². The maximum atomic E-state index is 13.8. The van der Waals surface area contributed by atoms with Gasteiger partial charge in [-0.2, -0.15) is 18.4 Å². The fourth-order valence-electron chi connectivity index (χ4n) is 4.09. The Morgan fingerprint density at radius 3 is 2.24 bits per heavy atom. The van der Waals surface area contributed by atoms with Crippen molar-refractivity contribution in [2.75, 3.05) is 4.90 Å². The van der Waals surface area contributed by atoms with Crippen molar-refractivity contribution in [3.8, 4) is 6.07 Å². The second kappa shape index (κ2) is 10.5. The zero-order valence-corrected chi connectivity index (χ0v) is 21.5. The van der Waals surface area contributed by atoms with Crippen LogP contribution in [-0.2, 0) is 20.5 Å². The van der Waals surface area contributed by atoms with E-state index < -0.39 is 41.2 Å². The molecule has 38 heavy (non-hydrogen) atoms. The van der Waals surface area contributed by atoms with Gasteiger partial charge in [0.1, 0.15) is 5.60 Å². The van der Waals surface area contributed by atoms with Crippen molar-refractivity contribution in [3.05, 3.63) is 88.8 Å². The normalized spacial score (nSPS) is 16.6. The minimum absolute atomic E-state index is 0.102. The first-order valence-corrected chi connectivity index (χ1v) is 11.6. The van der Waals surface area contributed by atoms with Crippen LogP contribution in [0.25, 0.3) is 0 Å². The summed E-state index contributed by atoms with van der Waals surface area (Å²) >= 11 is 0. The number of carbonyl (C=O) groups excluding carboxylic acids is 3. The standard InChI is InChI=1S/C28H26F3N3O4/c1-17-24(18(2)35)25(20-11-9-19(16-32)10-12-20)33(14-13-23(36)38-27(3,4)5)26(37)34(17)22-8-6-7-21(15-22)28(29,30)31/h6-15,25H,1-5H3. The number of ketones is 1. The lowest BCUT2D eigenvalue weighted by molar-refractivity contribution is -0.148. The maximum absolute atomic E-state index is 13.8. The Labute approximate surface area is 218 Å². The largest absolute Gasteiger partial charge is 0.457 e. The van der Waals surface area contributed by atoms with E-state index >= 15 is 0 Å². The van der Waals surface area contributed by atoms with Crippen LogP contribution in [-0.4, -0.2) is 28.3 Å². The van der Waals surface area contributed by atoms with Crippen LogP contribution in [0.1, 0.15) is 57.4 Å². The minimum atomic E-state index is -4.66. The quantitative estimate of drug-likeness (QED) is 0.339. The number of rotatable bonds is 5. The van der Waals surface area contributed by atoms with Crippen LogP contribution in [0, 0.1) is 11.3 Å². The Bertz CT molecular complexity index is 1360. The molecule has 3 rings (SSSR count). The van der Waals surface area contributed by atoms with E-state index in [-0.39, 0.29) is 17.0 Å². The number of esters is 1. The number of amides is 2. The Kier molecular flexibility index (Phi) is 7.82. The van der Waals surface area contributed by atoms with Crippen molar-refractivity contribution in [3.63, 3.8) is 0 Å². The van der Waals surface area contributed by atoms with E-state index in [0.717, 1.165) is 34.2 Å². The molecule has 0 aromatic heterocycles. The van der Waals surface area contributed by atoms with Gasteiger partial charge < -0.3 is 4.74 Å². The van der Waals surface area contributed by atoms with Crippen molar-refractivity contribution in [1.82, 2.24) is 4.90 Å². The summed E-state index contributed by atoms with van der Waals surface area (Å²) in [5.74, 6) is -1.19. The third-order valence-corrected chi connectivity index (χ3v) is 5.63. The minimum Gasteiger partial charge on any atom is -0.457 e. The highest BCUT2D eigenvalue weighted by Crippen LogP contribution is 2.41. The van der Waals surface area contributed by atoms with E-state index in [9.17, 15) is 27.6 Å². The van der Waals surface area contributed by atoms with Crippen molar-refractivity contribution < 1.29 is 32.3 Å². The van der Waals surface area contributed by atoms with Crippen LogP contribution in [0.4, 0.5) is 23.7 Å². The number of Topliss-reactive ketones (excluding diaryl/α,β-unsaturated/α-hetero) is 1. The molecule has 1 atom stereocenters. The molecule has 198 valence electrons. The average Bonchev–Trinajstić information content (AvgIpc) is 2.81. The SMILES string of the molecule is CC(=O)C1=C(C)N(c2cccc(C(F)(F)F)c2)C(=O)N(C=CC(=O)OC(C)(C)C)C1c1ccc(C#N)cc1. The first-order chi connectivity index (χ1) is 17.6. The average molecular weight is 526 g/mol. The summed E-state index contributed by atoms with van der Waals surface area (Å²) in [6.45, 7) is 7.75. The summed E-state index contributed by atoms with van der Waals surface area (Å²) in [5, 5.41) is 9.17.